The Balaban J connectivity index is 1.03. The quantitative estimate of drug-likeness (QED) is 0.189. The Hall–Kier alpha value is -5.80. The summed E-state index contributed by atoms with van der Waals surface area (Å²) >= 11 is 0. The van der Waals surface area contributed by atoms with Gasteiger partial charge in [-0.25, -0.2) is 0 Å². The summed E-state index contributed by atoms with van der Waals surface area (Å²) in [7, 11) is 0. The van der Waals surface area contributed by atoms with Gasteiger partial charge in [-0.2, -0.15) is 0 Å². The van der Waals surface area contributed by atoms with Crippen LogP contribution in [0.4, 0.5) is 11.4 Å². The number of nitrogens with zero attached hydrogens (tertiary/aromatic N) is 2. The smallest absolute Gasteiger partial charge is 0.0585 e. The number of allylic oxidation sites excluding steroid dienone is 13. The molecule has 5 aliphatic rings. The SMILES string of the molecule is CC1C=CC2=C(C1)C(C)(C)c1cc(N(C3=CCC(C4=CNCC=C4)C=C3)c3ccc(-c4ccc5c(c4)c4ccccc4n5C4C=CC=CC4C)cc3)ccc12. The summed E-state index contributed by atoms with van der Waals surface area (Å²) in [5.74, 6) is 1.37. The van der Waals surface area contributed by atoms with Crippen molar-refractivity contribution in [1.82, 2.24) is 9.88 Å². The summed E-state index contributed by atoms with van der Waals surface area (Å²) < 4.78 is 2.54. The second-order valence-corrected chi connectivity index (χ2v) is 16.7. The number of nitrogens with one attached hydrogen (secondary N) is 1. The van der Waals surface area contributed by atoms with Crippen LogP contribution in [0, 0.1) is 17.8 Å². The molecule has 272 valence electrons. The topological polar surface area (TPSA) is 20.2 Å². The van der Waals surface area contributed by atoms with Crippen LogP contribution in [0.1, 0.15) is 57.7 Å². The third-order valence-electron chi connectivity index (χ3n) is 12.8. The minimum Gasteiger partial charge on any atom is -0.387 e. The Morgan fingerprint density at radius 3 is 2.35 bits per heavy atom. The first kappa shape index (κ1) is 33.7. The standard InChI is InChI=1S/C52H49N3/c1-34-15-26-43-44-27-25-42(32-48(44)52(3,4)47(43)30-34)54(41-23-18-37(19-24-41)39-11-9-29-53-33-39)40-21-16-36(17-22-40)38-20-28-51-46(31-38)45-12-6-8-14-50(45)55(51)49-13-7-5-10-35(49)2/h5-18,20-28,31-35,37,49,53H,19,29-30H2,1-4H3. The molecule has 0 amide bonds. The molecule has 4 atom stereocenters. The van der Waals surface area contributed by atoms with Gasteiger partial charge in [-0.15, -0.1) is 0 Å². The van der Waals surface area contributed by atoms with Crippen LogP contribution in [0.5, 0.6) is 0 Å². The van der Waals surface area contributed by atoms with E-state index in [1.165, 1.54) is 72.3 Å². The Morgan fingerprint density at radius 1 is 0.745 bits per heavy atom. The van der Waals surface area contributed by atoms with Crippen LogP contribution in [-0.4, -0.2) is 11.1 Å². The van der Waals surface area contributed by atoms with Crippen molar-refractivity contribution >= 4 is 38.8 Å². The predicted octanol–water partition coefficient (Wildman–Crippen LogP) is 13.0. The van der Waals surface area contributed by atoms with E-state index in [1.807, 2.05) is 0 Å². The summed E-state index contributed by atoms with van der Waals surface area (Å²) in [4.78, 5) is 2.47. The number of rotatable bonds is 6. The second kappa shape index (κ2) is 13.2. The van der Waals surface area contributed by atoms with Gasteiger partial charge in [0.1, 0.15) is 0 Å². The van der Waals surface area contributed by atoms with E-state index in [4.69, 9.17) is 0 Å². The van der Waals surface area contributed by atoms with Crippen molar-refractivity contribution in [2.24, 2.45) is 17.8 Å². The third-order valence-corrected chi connectivity index (χ3v) is 12.8. The number of benzene rings is 4. The molecule has 5 aromatic rings. The largest absolute Gasteiger partial charge is 0.387 e. The zero-order valence-electron chi connectivity index (χ0n) is 32.3. The molecule has 1 N–H and O–H groups in total. The van der Waals surface area contributed by atoms with Gasteiger partial charge in [-0.1, -0.05) is 136 Å². The van der Waals surface area contributed by atoms with Crippen LogP contribution in [0.25, 0.3) is 38.5 Å². The molecule has 1 aliphatic heterocycles. The van der Waals surface area contributed by atoms with Gasteiger partial charge in [0, 0.05) is 63.0 Å². The fourth-order valence-corrected chi connectivity index (χ4v) is 9.81. The normalized spacial score (nSPS) is 23.5. The maximum atomic E-state index is 3.40. The number of anilines is 2. The average Bonchev–Trinajstić information content (AvgIpc) is 3.66. The molecule has 0 fully saturated rings. The minimum absolute atomic E-state index is 0.00627. The van der Waals surface area contributed by atoms with E-state index in [9.17, 15) is 0 Å². The molecule has 0 bridgehead atoms. The lowest BCUT2D eigenvalue weighted by molar-refractivity contribution is 0.510. The second-order valence-electron chi connectivity index (χ2n) is 16.7. The maximum absolute atomic E-state index is 3.40. The molecule has 55 heavy (non-hydrogen) atoms. The van der Waals surface area contributed by atoms with E-state index in [0.29, 0.717) is 23.8 Å². The molecule has 0 radical (unpaired) electrons. The number of fused-ring (bicyclic) bond motifs is 5. The first-order valence-electron chi connectivity index (χ1n) is 20.2. The molecule has 3 heteroatoms. The number of aromatic nitrogens is 1. The third kappa shape index (κ3) is 5.63. The number of hydrogen-bond acceptors (Lipinski definition) is 2. The van der Waals surface area contributed by atoms with Crippen LogP contribution < -0.4 is 10.2 Å². The van der Waals surface area contributed by atoms with E-state index in [0.717, 1.165) is 19.4 Å². The van der Waals surface area contributed by atoms with Crippen LogP contribution in [0.15, 0.2) is 175 Å². The van der Waals surface area contributed by atoms with Crippen LogP contribution in [0.3, 0.4) is 0 Å². The Morgan fingerprint density at radius 2 is 1.55 bits per heavy atom. The first-order chi connectivity index (χ1) is 26.8. The molecule has 3 nitrogen and oxygen atoms in total. The van der Waals surface area contributed by atoms with Crippen molar-refractivity contribution in [2.75, 3.05) is 11.4 Å². The maximum Gasteiger partial charge on any atom is 0.0585 e. The van der Waals surface area contributed by atoms with Crippen molar-refractivity contribution in [3.05, 3.63) is 186 Å². The first-order valence-corrected chi connectivity index (χ1v) is 20.2. The van der Waals surface area contributed by atoms with E-state index in [1.54, 1.807) is 5.57 Å². The lowest BCUT2D eigenvalue weighted by Crippen LogP contribution is -2.21. The molecule has 4 aliphatic carbocycles. The Labute approximate surface area is 325 Å². The molecule has 10 rings (SSSR count). The van der Waals surface area contributed by atoms with Gasteiger partial charge >= 0.3 is 0 Å². The van der Waals surface area contributed by atoms with E-state index in [2.05, 4.69) is 200 Å². The zero-order valence-corrected chi connectivity index (χ0v) is 32.3. The minimum atomic E-state index is -0.00627. The number of dihydropyridines is 1. The Bertz CT molecular complexity index is 2610. The van der Waals surface area contributed by atoms with Gasteiger partial charge in [-0.3, -0.25) is 0 Å². The Kier molecular flexibility index (Phi) is 8.10. The highest BCUT2D eigenvalue weighted by molar-refractivity contribution is 6.09. The van der Waals surface area contributed by atoms with Gasteiger partial charge in [0.2, 0.25) is 0 Å². The van der Waals surface area contributed by atoms with Crippen molar-refractivity contribution in [3.8, 4) is 11.1 Å². The van der Waals surface area contributed by atoms with E-state index < -0.39 is 0 Å². The van der Waals surface area contributed by atoms with Crippen molar-refractivity contribution in [2.45, 2.75) is 52.0 Å². The molecule has 0 saturated heterocycles. The lowest BCUT2D eigenvalue weighted by atomic mass is 9.76. The van der Waals surface area contributed by atoms with Crippen LogP contribution in [-0.2, 0) is 5.41 Å². The van der Waals surface area contributed by atoms with Gasteiger partial charge < -0.3 is 14.8 Å². The highest BCUT2D eigenvalue weighted by Gasteiger charge is 2.39. The van der Waals surface area contributed by atoms with Crippen molar-refractivity contribution < 1.29 is 0 Å². The summed E-state index contributed by atoms with van der Waals surface area (Å²) in [5.41, 5.74) is 15.8. The fourth-order valence-electron chi connectivity index (χ4n) is 9.81. The predicted molar refractivity (Wildman–Crippen MR) is 233 cm³/mol. The number of para-hydroxylation sites is 1. The monoisotopic (exact) mass is 715 g/mol. The average molecular weight is 716 g/mol. The van der Waals surface area contributed by atoms with Crippen LogP contribution in [0.2, 0.25) is 0 Å². The molecular weight excluding hydrogens is 667 g/mol. The molecule has 2 heterocycles. The summed E-state index contributed by atoms with van der Waals surface area (Å²) in [5, 5.41) is 6.01. The van der Waals surface area contributed by atoms with Gasteiger partial charge in [-0.05, 0) is 107 Å². The fraction of sp³-hybridized carbons (Fsp3) is 0.231. The van der Waals surface area contributed by atoms with Gasteiger partial charge in [0.25, 0.3) is 0 Å². The highest BCUT2D eigenvalue weighted by atomic mass is 15.1. The molecule has 4 unspecified atom stereocenters. The van der Waals surface area contributed by atoms with Crippen LogP contribution >= 0.6 is 0 Å². The lowest BCUT2D eigenvalue weighted by Gasteiger charge is -2.31. The summed E-state index contributed by atoms with van der Waals surface area (Å²) in [6.45, 7) is 10.4. The van der Waals surface area contributed by atoms with Gasteiger partial charge in [0.15, 0.2) is 0 Å². The molecular formula is C52H49N3. The van der Waals surface area contributed by atoms with Crippen molar-refractivity contribution in [1.29, 1.82) is 0 Å². The number of hydrogen-bond donors (Lipinski definition) is 1. The highest BCUT2D eigenvalue weighted by Crippen LogP contribution is 2.52. The zero-order chi connectivity index (χ0) is 37.3. The molecule has 0 spiro atoms. The van der Waals surface area contributed by atoms with Gasteiger partial charge in [0.05, 0.1) is 6.04 Å². The summed E-state index contributed by atoms with van der Waals surface area (Å²) in [6, 6.07) is 32.6. The molecule has 4 aromatic carbocycles. The van der Waals surface area contributed by atoms with Crippen molar-refractivity contribution in [3.63, 3.8) is 0 Å². The van der Waals surface area contributed by atoms with E-state index in [-0.39, 0.29) is 5.41 Å². The van der Waals surface area contributed by atoms with E-state index >= 15 is 0 Å². The molecule has 1 aromatic heterocycles. The summed E-state index contributed by atoms with van der Waals surface area (Å²) in [6.07, 6.45) is 29.7. The molecule has 0 saturated carbocycles.